The Bertz CT molecular complexity index is 1180. The molecule has 1 amide bonds. The Morgan fingerprint density at radius 1 is 1.05 bits per heavy atom. The molecule has 40 heavy (non-hydrogen) atoms. The van der Waals surface area contributed by atoms with Crippen LogP contribution in [0, 0.1) is 12.8 Å². The lowest BCUT2D eigenvalue weighted by Gasteiger charge is -2.35. The monoisotopic (exact) mass is 591 g/mol. The first-order valence-corrected chi connectivity index (χ1v) is 16.2. The van der Waals surface area contributed by atoms with Crippen LogP contribution in [0.4, 0.5) is 0 Å². The number of nitrogens with one attached hydrogen (secondary N) is 1. The number of nitrogens with zero attached hydrogens (tertiary/aromatic N) is 2. The van der Waals surface area contributed by atoms with Gasteiger partial charge in [-0.25, -0.2) is 18.7 Å². The molecule has 2 aromatic carbocycles. The highest BCUT2D eigenvalue weighted by Crippen LogP contribution is 2.30. The fourth-order valence-corrected chi connectivity index (χ4v) is 7.31. The number of carbonyl (C=O) groups excluding carboxylic acids is 1. The molecule has 0 bridgehead atoms. The van der Waals surface area contributed by atoms with E-state index < -0.39 is 28.3 Å². The van der Waals surface area contributed by atoms with Crippen LogP contribution in [0.3, 0.4) is 0 Å². The summed E-state index contributed by atoms with van der Waals surface area (Å²) >= 11 is 1.57. The minimum absolute atomic E-state index is 0.151. The highest BCUT2D eigenvalue weighted by Gasteiger charge is 2.38. The molecule has 2 aromatic rings. The smallest absolute Gasteiger partial charge is 0.262 e. The second-order valence-electron chi connectivity index (χ2n) is 10.5. The molecular formula is C29H41N3O6S2. The number of aryl methyl sites for hydroxylation is 1. The fourth-order valence-electron chi connectivity index (χ4n) is 4.79. The van der Waals surface area contributed by atoms with Crippen LogP contribution in [-0.4, -0.2) is 81.9 Å². The Morgan fingerprint density at radius 3 is 2.30 bits per heavy atom. The van der Waals surface area contributed by atoms with Gasteiger partial charge in [0.05, 0.1) is 18.1 Å². The lowest BCUT2D eigenvalue weighted by atomic mass is 10.0. The van der Waals surface area contributed by atoms with E-state index >= 15 is 0 Å². The van der Waals surface area contributed by atoms with Crippen molar-refractivity contribution in [2.24, 2.45) is 5.92 Å². The van der Waals surface area contributed by atoms with E-state index in [1.165, 1.54) is 9.87 Å². The number of amides is 1. The van der Waals surface area contributed by atoms with Crippen molar-refractivity contribution in [2.45, 2.75) is 67.1 Å². The molecule has 220 valence electrons. The van der Waals surface area contributed by atoms with Crippen molar-refractivity contribution in [2.75, 3.05) is 46.0 Å². The van der Waals surface area contributed by atoms with Crippen LogP contribution in [-0.2, 0) is 29.1 Å². The molecule has 0 spiro atoms. The third-order valence-corrected chi connectivity index (χ3v) is 9.98. The van der Waals surface area contributed by atoms with Gasteiger partial charge in [0.2, 0.25) is 10.0 Å². The first-order valence-electron chi connectivity index (χ1n) is 14.0. The topological polar surface area (TPSA) is 97.4 Å². The van der Waals surface area contributed by atoms with Gasteiger partial charge in [-0.15, -0.1) is 0 Å². The van der Waals surface area contributed by atoms with Crippen molar-refractivity contribution in [3.63, 3.8) is 0 Å². The Kier molecular flexibility index (Phi) is 11.4. The SMILES string of the molecule is Cc1ccc(Sc2ccc(S(=O)(=O)N(CCN3CCOCC3)C(C(=O)NOC3CCCCO3)C(C)C)cc2)cc1. The number of hydroxylamine groups is 1. The molecule has 0 aliphatic carbocycles. The van der Waals surface area contributed by atoms with Gasteiger partial charge < -0.3 is 9.47 Å². The zero-order valence-electron chi connectivity index (χ0n) is 23.6. The summed E-state index contributed by atoms with van der Waals surface area (Å²) in [7, 11) is -4.01. The van der Waals surface area contributed by atoms with Gasteiger partial charge in [0, 0.05) is 49.0 Å². The number of benzene rings is 2. The van der Waals surface area contributed by atoms with Gasteiger partial charge in [-0.3, -0.25) is 9.69 Å². The quantitative estimate of drug-likeness (QED) is 0.369. The van der Waals surface area contributed by atoms with E-state index in [0.29, 0.717) is 32.8 Å². The predicted molar refractivity (Wildman–Crippen MR) is 154 cm³/mol. The van der Waals surface area contributed by atoms with Gasteiger partial charge in [-0.1, -0.05) is 43.3 Å². The minimum atomic E-state index is -4.01. The van der Waals surface area contributed by atoms with E-state index in [2.05, 4.69) is 22.5 Å². The van der Waals surface area contributed by atoms with Crippen molar-refractivity contribution >= 4 is 27.7 Å². The molecule has 2 aliphatic rings. The maximum atomic E-state index is 14.1. The van der Waals surface area contributed by atoms with Crippen molar-refractivity contribution in [3.05, 3.63) is 54.1 Å². The third-order valence-electron chi connectivity index (χ3n) is 7.07. The average Bonchev–Trinajstić information content (AvgIpc) is 2.96. The number of ether oxygens (including phenoxy) is 2. The normalized spacial score (nSPS) is 19.6. The van der Waals surface area contributed by atoms with Crippen LogP contribution in [0.2, 0.25) is 0 Å². The Balaban J connectivity index is 1.54. The zero-order valence-corrected chi connectivity index (χ0v) is 25.2. The van der Waals surface area contributed by atoms with Crippen LogP contribution < -0.4 is 5.48 Å². The second kappa shape index (κ2) is 14.8. The molecule has 0 radical (unpaired) electrons. The Hall–Kier alpha value is -1.99. The maximum Gasteiger partial charge on any atom is 0.262 e. The lowest BCUT2D eigenvalue weighted by Crippen LogP contribution is -2.55. The summed E-state index contributed by atoms with van der Waals surface area (Å²) in [5, 5.41) is 0. The Morgan fingerprint density at radius 2 is 1.70 bits per heavy atom. The fraction of sp³-hybridized carbons (Fsp3) is 0.552. The number of sulfonamides is 1. The van der Waals surface area contributed by atoms with E-state index in [1.54, 1.807) is 23.9 Å². The van der Waals surface area contributed by atoms with E-state index in [4.69, 9.17) is 14.3 Å². The van der Waals surface area contributed by atoms with E-state index in [9.17, 15) is 13.2 Å². The van der Waals surface area contributed by atoms with Gasteiger partial charge in [0.15, 0.2) is 6.29 Å². The van der Waals surface area contributed by atoms with Crippen molar-refractivity contribution in [1.82, 2.24) is 14.7 Å². The van der Waals surface area contributed by atoms with Crippen molar-refractivity contribution in [1.29, 1.82) is 0 Å². The molecule has 2 saturated heterocycles. The van der Waals surface area contributed by atoms with Crippen molar-refractivity contribution < 1.29 is 27.5 Å². The molecule has 2 unspecified atom stereocenters. The standard InChI is InChI=1S/C29H41N3O6S2/c1-22(2)28(29(33)30-38-27-6-4-5-19-37-27)32(16-15-31-17-20-36-21-18-31)40(34,35)26-13-11-25(12-14-26)39-24-9-7-23(3)8-10-24/h7-14,22,27-28H,4-6,15-21H2,1-3H3,(H,30,33). The van der Waals surface area contributed by atoms with Crippen LogP contribution in [0.5, 0.6) is 0 Å². The molecule has 9 nitrogen and oxygen atoms in total. The summed E-state index contributed by atoms with van der Waals surface area (Å²) in [5.41, 5.74) is 3.69. The number of hydrogen-bond acceptors (Lipinski definition) is 8. The summed E-state index contributed by atoms with van der Waals surface area (Å²) in [6.07, 6.45) is 2.06. The molecule has 2 aliphatic heterocycles. The van der Waals surface area contributed by atoms with Gasteiger partial charge in [0.1, 0.15) is 6.04 Å². The summed E-state index contributed by atoms with van der Waals surface area (Å²) in [6.45, 7) is 9.63. The van der Waals surface area contributed by atoms with E-state index in [-0.39, 0.29) is 17.4 Å². The second-order valence-corrected chi connectivity index (χ2v) is 13.6. The van der Waals surface area contributed by atoms with Gasteiger partial charge in [-0.2, -0.15) is 4.31 Å². The molecule has 11 heteroatoms. The number of carbonyl (C=O) groups is 1. The largest absolute Gasteiger partial charge is 0.379 e. The maximum absolute atomic E-state index is 14.1. The molecule has 0 aromatic heterocycles. The summed E-state index contributed by atoms with van der Waals surface area (Å²) in [6, 6.07) is 14.1. The molecule has 1 N–H and O–H groups in total. The van der Waals surface area contributed by atoms with Crippen LogP contribution in [0.25, 0.3) is 0 Å². The molecular weight excluding hydrogens is 550 g/mol. The van der Waals surface area contributed by atoms with Crippen molar-refractivity contribution in [3.8, 4) is 0 Å². The molecule has 2 heterocycles. The lowest BCUT2D eigenvalue weighted by molar-refractivity contribution is -0.202. The van der Waals surface area contributed by atoms with Crippen LogP contribution in [0.1, 0.15) is 38.7 Å². The average molecular weight is 592 g/mol. The zero-order chi connectivity index (χ0) is 28.5. The van der Waals surface area contributed by atoms with Gasteiger partial charge in [0.25, 0.3) is 5.91 Å². The molecule has 2 atom stereocenters. The molecule has 2 fully saturated rings. The van der Waals surface area contributed by atoms with E-state index in [1.807, 2.05) is 45.0 Å². The first-order chi connectivity index (χ1) is 19.2. The number of hydrogen-bond donors (Lipinski definition) is 1. The highest BCUT2D eigenvalue weighted by molar-refractivity contribution is 7.99. The van der Waals surface area contributed by atoms with E-state index in [0.717, 1.165) is 35.7 Å². The predicted octanol–water partition coefficient (Wildman–Crippen LogP) is 4.07. The molecule has 4 rings (SSSR count). The first kappa shape index (κ1) is 31.0. The summed E-state index contributed by atoms with van der Waals surface area (Å²) < 4.78 is 40.5. The minimum Gasteiger partial charge on any atom is -0.379 e. The summed E-state index contributed by atoms with van der Waals surface area (Å²) in [4.78, 5) is 23.3. The number of rotatable bonds is 12. The Labute approximate surface area is 242 Å². The van der Waals surface area contributed by atoms with Crippen LogP contribution in [0.15, 0.2) is 63.2 Å². The number of morpholine rings is 1. The van der Waals surface area contributed by atoms with Gasteiger partial charge in [-0.05, 0) is 62.1 Å². The molecule has 0 saturated carbocycles. The van der Waals surface area contributed by atoms with Crippen LogP contribution >= 0.6 is 11.8 Å². The summed E-state index contributed by atoms with van der Waals surface area (Å²) in [5.74, 6) is -0.798. The van der Waals surface area contributed by atoms with Gasteiger partial charge >= 0.3 is 0 Å². The third kappa shape index (κ3) is 8.51. The highest BCUT2D eigenvalue weighted by atomic mass is 32.2.